The standard InChI is InChI=1S/C9H8ClFO2/c10-7-3-6(1-2-8(7)11)9(12)4-13-5-9/h1-3,12H,4-5H2. The van der Waals surface area contributed by atoms with Gasteiger partial charge in [-0.2, -0.15) is 0 Å². The van der Waals surface area contributed by atoms with Crippen LogP contribution < -0.4 is 0 Å². The average molecular weight is 203 g/mol. The second kappa shape index (κ2) is 2.94. The van der Waals surface area contributed by atoms with Crippen LogP contribution in [0.2, 0.25) is 5.02 Å². The maximum absolute atomic E-state index is 12.8. The Morgan fingerprint density at radius 2 is 2.15 bits per heavy atom. The Balaban J connectivity index is 2.36. The first-order valence-electron chi connectivity index (χ1n) is 3.87. The van der Waals surface area contributed by atoms with Crippen LogP contribution in [0.4, 0.5) is 4.39 Å². The molecule has 0 aromatic heterocycles. The summed E-state index contributed by atoms with van der Waals surface area (Å²) in [5.74, 6) is -0.478. The van der Waals surface area contributed by atoms with E-state index >= 15 is 0 Å². The van der Waals surface area contributed by atoms with Gasteiger partial charge in [0.05, 0.1) is 18.2 Å². The predicted octanol–water partition coefficient (Wildman–Crippen LogP) is 1.70. The Labute approximate surface area is 79.9 Å². The summed E-state index contributed by atoms with van der Waals surface area (Å²) in [6.07, 6.45) is 0. The van der Waals surface area contributed by atoms with Gasteiger partial charge in [-0.05, 0) is 17.7 Å². The third kappa shape index (κ3) is 1.43. The van der Waals surface area contributed by atoms with Crippen LogP contribution >= 0.6 is 11.6 Å². The van der Waals surface area contributed by atoms with Crippen LogP contribution in [0, 0.1) is 5.82 Å². The minimum atomic E-state index is -0.975. The molecule has 2 rings (SSSR count). The summed E-state index contributed by atoms with van der Waals surface area (Å²) in [5.41, 5.74) is -0.373. The number of benzene rings is 1. The lowest BCUT2D eigenvalue weighted by Crippen LogP contribution is -2.46. The van der Waals surface area contributed by atoms with Gasteiger partial charge in [0.1, 0.15) is 11.4 Å². The molecule has 1 fully saturated rings. The van der Waals surface area contributed by atoms with E-state index in [1.807, 2.05) is 0 Å². The van der Waals surface area contributed by atoms with Crippen molar-refractivity contribution in [3.8, 4) is 0 Å². The van der Waals surface area contributed by atoms with Crippen LogP contribution in [0.3, 0.4) is 0 Å². The largest absolute Gasteiger partial charge is 0.380 e. The Morgan fingerprint density at radius 1 is 1.46 bits per heavy atom. The van der Waals surface area contributed by atoms with Crippen LogP contribution in [0.1, 0.15) is 5.56 Å². The molecule has 1 saturated heterocycles. The van der Waals surface area contributed by atoms with Gasteiger partial charge in [0.2, 0.25) is 0 Å². The van der Waals surface area contributed by atoms with E-state index in [4.69, 9.17) is 16.3 Å². The molecule has 0 spiro atoms. The molecule has 1 aromatic carbocycles. The molecule has 4 heteroatoms. The van der Waals surface area contributed by atoms with Gasteiger partial charge >= 0.3 is 0 Å². The van der Waals surface area contributed by atoms with Gasteiger partial charge in [-0.1, -0.05) is 17.7 Å². The van der Waals surface area contributed by atoms with E-state index in [0.717, 1.165) is 0 Å². The minimum absolute atomic E-state index is 0.0258. The summed E-state index contributed by atoms with van der Waals surface area (Å²) in [4.78, 5) is 0. The van der Waals surface area contributed by atoms with Crippen molar-refractivity contribution in [2.45, 2.75) is 5.60 Å². The monoisotopic (exact) mass is 202 g/mol. The number of aliphatic hydroxyl groups is 1. The van der Waals surface area contributed by atoms with Crippen LogP contribution in [-0.4, -0.2) is 18.3 Å². The fourth-order valence-corrected chi connectivity index (χ4v) is 1.43. The van der Waals surface area contributed by atoms with E-state index in [-0.39, 0.29) is 18.2 Å². The third-order valence-corrected chi connectivity index (χ3v) is 2.43. The predicted molar refractivity (Wildman–Crippen MR) is 46.1 cm³/mol. The number of rotatable bonds is 1. The lowest BCUT2D eigenvalue weighted by molar-refractivity contribution is -0.184. The smallest absolute Gasteiger partial charge is 0.141 e. The molecule has 1 aliphatic heterocycles. The van der Waals surface area contributed by atoms with Crippen molar-refractivity contribution in [3.63, 3.8) is 0 Å². The van der Waals surface area contributed by atoms with Gasteiger partial charge in [-0.15, -0.1) is 0 Å². The van der Waals surface area contributed by atoms with Gasteiger partial charge in [0.25, 0.3) is 0 Å². The van der Waals surface area contributed by atoms with Crippen molar-refractivity contribution in [2.24, 2.45) is 0 Å². The summed E-state index contributed by atoms with van der Waals surface area (Å²) in [6, 6.07) is 4.19. The van der Waals surface area contributed by atoms with Crippen molar-refractivity contribution < 1.29 is 14.2 Å². The summed E-state index contributed by atoms with van der Waals surface area (Å²) in [5, 5.41) is 9.82. The maximum Gasteiger partial charge on any atom is 0.141 e. The molecule has 0 amide bonds. The fourth-order valence-electron chi connectivity index (χ4n) is 1.25. The molecule has 2 nitrogen and oxygen atoms in total. The van der Waals surface area contributed by atoms with Crippen LogP contribution in [0.15, 0.2) is 18.2 Å². The number of ether oxygens (including phenoxy) is 1. The van der Waals surface area contributed by atoms with Crippen LogP contribution in [-0.2, 0) is 10.3 Å². The Hall–Kier alpha value is -0.640. The molecule has 70 valence electrons. The first-order chi connectivity index (χ1) is 6.12. The first-order valence-corrected chi connectivity index (χ1v) is 4.25. The zero-order valence-electron chi connectivity index (χ0n) is 6.76. The highest BCUT2D eigenvalue weighted by atomic mass is 35.5. The van der Waals surface area contributed by atoms with E-state index in [1.54, 1.807) is 0 Å². The number of hydrogen-bond acceptors (Lipinski definition) is 2. The molecule has 0 atom stereocenters. The van der Waals surface area contributed by atoms with Gasteiger partial charge in [-0.3, -0.25) is 0 Å². The highest BCUT2D eigenvalue weighted by molar-refractivity contribution is 6.30. The number of halogens is 2. The van der Waals surface area contributed by atoms with Crippen molar-refractivity contribution >= 4 is 11.6 Å². The lowest BCUT2D eigenvalue weighted by Gasteiger charge is -2.36. The zero-order chi connectivity index (χ0) is 9.47. The van der Waals surface area contributed by atoms with E-state index in [9.17, 15) is 9.50 Å². The highest BCUT2D eigenvalue weighted by Gasteiger charge is 2.38. The molecule has 13 heavy (non-hydrogen) atoms. The van der Waals surface area contributed by atoms with E-state index in [2.05, 4.69) is 0 Å². The first kappa shape index (κ1) is 8.94. The summed E-state index contributed by atoms with van der Waals surface area (Å²) in [6.45, 7) is 0.490. The molecule has 0 aliphatic carbocycles. The van der Waals surface area contributed by atoms with E-state index in [0.29, 0.717) is 5.56 Å². The topological polar surface area (TPSA) is 29.5 Å². The van der Waals surface area contributed by atoms with Crippen molar-refractivity contribution in [2.75, 3.05) is 13.2 Å². The van der Waals surface area contributed by atoms with Crippen molar-refractivity contribution in [1.82, 2.24) is 0 Å². The average Bonchev–Trinajstić information content (AvgIpc) is 2.06. The van der Waals surface area contributed by atoms with E-state index in [1.165, 1.54) is 18.2 Å². The Morgan fingerprint density at radius 3 is 2.62 bits per heavy atom. The second-order valence-corrected chi connectivity index (χ2v) is 3.56. The Bertz CT molecular complexity index is 336. The van der Waals surface area contributed by atoms with Gasteiger partial charge in [-0.25, -0.2) is 4.39 Å². The van der Waals surface area contributed by atoms with Gasteiger partial charge in [0, 0.05) is 0 Å². The Kier molecular flexibility index (Phi) is 2.02. The molecule has 1 aliphatic rings. The molecule has 1 heterocycles. The molecule has 1 aromatic rings. The molecular weight excluding hydrogens is 195 g/mol. The molecule has 1 N–H and O–H groups in total. The van der Waals surface area contributed by atoms with Crippen LogP contribution in [0.5, 0.6) is 0 Å². The fraction of sp³-hybridized carbons (Fsp3) is 0.333. The van der Waals surface area contributed by atoms with Gasteiger partial charge in [0.15, 0.2) is 0 Å². The summed E-state index contributed by atoms with van der Waals surface area (Å²) in [7, 11) is 0. The highest BCUT2D eigenvalue weighted by Crippen LogP contribution is 2.31. The quantitative estimate of drug-likeness (QED) is 0.751. The van der Waals surface area contributed by atoms with Crippen LogP contribution in [0.25, 0.3) is 0 Å². The SMILES string of the molecule is OC1(c2ccc(F)c(Cl)c2)COC1. The second-order valence-electron chi connectivity index (χ2n) is 3.15. The molecule has 0 unspecified atom stereocenters. The molecule has 0 radical (unpaired) electrons. The minimum Gasteiger partial charge on any atom is -0.380 e. The zero-order valence-corrected chi connectivity index (χ0v) is 7.51. The molecule has 0 bridgehead atoms. The molecule has 0 saturated carbocycles. The maximum atomic E-state index is 12.8. The van der Waals surface area contributed by atoms with Crippen molar-refractivity contribution in [1.29, 1.82) is 0 Å². The normalized spacial score (nSPS) is 19.6. The number of hydrogen-bond donors (Lipinski definition) is 1. The van der Waals surface area contributed by atoms with Gasteiger partial charge < -0.3 is 9.84 Å². The lowest BCUT2D eigenvalue weighted by atomic mass is 9.92. The van der Waals surface area contributed by atoms with E-state index < -0.39 is 11.4 Å². The summed E-state index contributed by atoms with van der Waals surface area (Å²) < 4.78 is 17.6. The third-order valence-electron chi connectivity index (χ3n) is 2.14. The summed E-state index contributed by atoms with van der Waals surface area (Å²) >= 11 is 5.57. The molecular formula is C9H8ClFO2. The van der Waals surface area contributed by atoms with Crippen molar-refractivity contribution in [3.05, 3.63) is 34.6 Å².